The number of hydrogen-bond donors (Lipinski definition) is 1. The average molecular weight is 261 g/mol. The van der Waals surface area contributed by atoms with Crippen LogP contribution in [0.2, 0.25) is 0 Å². The van der Waals surface area contributed by atoms with Crippen LogP contribution in [0.25, 0.3) is 0 Å². The molecule has 0 aliphatic carbocycles. The van der Waals surface area contributed by atoms with Gasteiger partial charge in [0.15, 0.2) is 0 Å². The molecule has 1 fully saturated rings. The van der Waals surface area contributed by atoms with Crippen molar-refractivity contribution < 1.29 is 5.11 Å². The standard InChI is InChI=1S/C17H27NO/c1-13(2)15-5-4-11-18(12-10-15)17-8-6-16(7-9-17)14(3)19/h6-9,13-15,19H,4-5,10-12H2,1-3H3. The first kappa shape index (κ1) is 14.4. The second-order valence-electron chi connectivity index (χ2n) is 6.19. The predicted octanol–water partition coefficient (Wildman–Crippen LogP) is 4.00. The van der Waals surface area contributed by atoms with E-state index in [1.54, 1.807) is 0 Å². The minimum Gasteiger partial charge on any atom is -0.389 e. The van der Waals surface area contributed by atoms with Gasteiger partial charge < -0.3 is 10.0 Å². The molecule has 0 amide bonds. The van der Waals surface area contributed by atoms with E-state index in [1.165, 1.54) is 24.9 Å². The molecule has 2 heteroatoms. The highest BCUT2D eigenvalue weighted by molar-refractivity contribution is 5.48. The van der Waals surface area contributed by atoms with Gasteiger partial charge in [0.25, 0.3) is 0 Å². The van der Waals surface area contributed by atoms with Gasteiger partial charge in [0.1, 0.15) is 0 Å². The van der Waals surface area contributed by atoms with Gasteiger partial charge in [-0.25, -0.2) is 0 Å². The highest BCUT2D eigenvalue weighted by Gasteiger charge is 2.19. The predicted molar refractivity (Wildman–Crippen MR) is 81.5 cm³/mol. The first-order valence-corrected chi connectivity index (χ1v) is 7.61. The highest BCUT2D eigenvalue weighted by atomic mass is 16.3. The van der Waals surface area contributed by atoms with Gasteiger partial charge in [0.2, 0.25) is 0 Å². The molecular formula is C17H27NO. The quantitative estimate of drug-likeness (QED) is 0.889. The number of benzene rings is 1. The smallest absolute Gasteiger partial charge is 0.0761 e. The lowest BCUT2D eigenvalue weighted by Crippen LogP contribution is -2.24. The summed E-state index contributed by atoms with van der Waals surface area (Å²) in [5.41, 5.74) is 2.30. The minimum atomic E-state index is -0.372. The molecule has 2 atom stereocenters. The number of aliphatic hydroxyl groups is 1. The summed E-state index contributed by atoms with van der Waals surface area (Å²) >= 11 is 0. The second-order valence-corrected chi connectivity index (χ2v) is 6.19. The normalized spacial score (nSPS) is 22.4. The summed E-state index contributed by atoms with van der Waals surface area (Å²) in [4.78, 5) is 2.49. The van der Waals surface area contributed by atoms with E-state index in [2.05, 4.69) is 30.9 Å². The number of nitrogens with zero attached hydrogens (tertiary/aromatic N) is 1. The molecule has 106 valence electrons. The van der Waals surface area contributed by atoms with Crippen molar-refractivity contribution in [3.05, 3.63) is 29.8 Å². The largest absolute Gasteiger partial charge is 0.389 e. The summed E-state index contributed by atoms with van der Waals surface area (Å²) in [6, 6.07) is 8.39. The van der Waals surface area contributed by atoms with Gasteiger partial charge in [-0.1, -0.05) is 26.0 Å². The maximum absolute atomic E-state index is 9.55. The maximum atomic E-state index is 9.55. The molecule has 2 unspecified atom stereocenters. The molecule has 1 aromatic rings. The molecular weight excluding hydrogens is 234 g/mol. The van der Waals surface area contributed by atoms with E-state index in [1.807, 2.05) is 19.1 Å². The maximum Gasteiger partial charge on any atom is 0.0761 e. The Morgan fingerprint density at radius 3 is 2.32 bits per heavy atom. The lowest BCUT2D eigenvalue weighted by Gasteiger charge is -2.24. The van der Waals surface area contributed by atoms with Crippen molar-refractivity contribution in [1.82, 2.24) is 0 Å². The molecule has 0 saturated carbocycles. The molecule has 1 N–H and O–H groups in total. The summed E-state index contributed by atoms with van der Waals surface area (Å²) in [5.74, 6) is 1.68. The molecule has 1 saturated heterocycles. The van der Waals surface area contributed by atoms with Crippen molar-refractivity contribution in [2.24, 2.45) is 11.8 Å². The molecule has 1 heterocycles. The van der Waals surface area contributed by atoms with E-state index < -0.39 is 0 Å². The van der Waals surface area contributed by atoms with E-state index in [0.717, 1.165) is 30.5 Å². The van der Waals surface area contributed by atoms with Crippen molar-refractivity contribution in [2.75, 3.05) is 18.0 Å². The van der Waals surface area contributed by atoms with Crippen molar-refractivity contribution in [1.29, 1.82) is 0 Å². The fourth-order valence-corrected chi connectivity index (χ4v) is 3.01. The van der Waals surface area contributed by atoms with Gasteiger partial charge in [-0.3, -0.25) is 0 Å². The molecule has 1 aliphatic heterocycles. The first-order valence-electron chi connectivity index (χ1n) is 7.61. The zero-order valence-corrected chi connectivity index (χ0v) is 12.5. The van der Waals surface area contributed by atoms with Crippen molar-refractivity contribution in [3.63, 3.8) is 0 Å². The van der Waals surface area contributed by atoms with Crippen LogP contribution in [0.15, 0.2) is 24.3 Å². The summed E-state index contributed by atoms with van der Waals surface area (Å²) < 4.78 is 0. The zero-order valence-electron chi connectivity index (χ0n) is 12.5. The zero-order chi connectivity index (χ0) is 13.8. The number of anilines is 1. The van der Waals surface area contributed by atoms with E-state index >= 15 is 0 Å². The van der Waals surface area contributed by atoms with Gasteiger partial charge >= 0.3 is 0 Å². The Kier molecular flexibility index (Phi) is 4.87. The molecule has 2 nitrogen and oxygen atoms in total. The fraction of sp³-hybridized carbons (Fsp3) is 0.647. The molecule has 2 rings (SSSR count). The van der Waals surface area contributed by atoms with Gasteiger partial charge in [-0.2, -0.15) is 0 Å². The van der Waals surface area contributed by atoms with Crippen LogP contribution in [0.1, 0.15) is 51.7 Å². The van der Waals surface area contributed by atoms with E-state index in [-0.39, 0.29) is 6.10 Å². The third-order valence-corrected chi connectivity index (χ3v) is 4.46. The molecule has 0 radical (unpaired) electrons. The second kappa shape index (κ2) is 6.42. The van der Waals surface area contributed by atoms with Crippen LogP contribution in [0.3, 0.4) is 0 Å². The van der Waals surface area contributed by atoms with Gasteiger partial charge in [0, 0.05) is 18.8 Å². The molecule has 0 spiro atoms. The van der Waals surface area contributed by atoms with Crippen molar-refractivity contribution >= 4 is 5.69 Å². The van der Waals surface area contributed by atoms with E-state index in [0.29, 0.717) is 0 Å². The van der Waals surface area contributed by atoms with Crippen LogP contribution in [0.5, 0.6) is 0 Å². The number of rotatable bonds is 3. The Morgan fingerprint density at radius 2 is 1.74 bits per heavy atom. The number of aliphatic hydroxyl groups excluding tert-OH is 1. The Balaban J connectivity index is 2.01. The molecule has 1 aliphatic rings. The van der Waals surface area contributed by atoms with Crippen LogP contribution in [0.4, 0.5) is 5.69 Å². The van der Waals surface area contributed by atoms with Crippen LogP contribution in [-0.4, -0.2) is 18.2 Å². The topological polar surface area (TPSA) is 23.5 Å². The summed E-state index contributed by atoms with van der Waals surface area (Å²) in [5, 5.41) is 9.55. The highest BCUT2D eigenvalue weighted by Crippen LogP contribution is 2.27. The Labute approximate surface area is 117 Å². The summed E-state index contributed by atoms with van der Waals surface area (Å²) in [6.07, 6.45) is 3.58. The van der Waals surface area contributed by atoms with Gasteiger partial charge in [-0.05, 0) is 55.7 Å². The Morgan fingerprint density at radius 1 is 1.05 bits per heavy atom. The minimum absolute atomic E-state index is 0.372. The van der Waals surface area contributed by atoms with E-state index in [4.69, 9.17) is 0 Å². The van der Waals surface area contributed by atoms with Crippen LogP contribution in [0, 0.1) is 11.8 Å². The van der Waals surface area contributed by atoms with Crippen molar-refractivity contribution in [3.8, 4) is 0 Å². The Hall–Kier alpha value is -1.02. The SMILES string of the molecule is CC(O)c1ccc(N2CCCC(C(C)C)CC2)cc1. The fourth-order valence-electron chi connectivity index (χ4n) is 3.01. The van der Waals surface area contributed by atoms with Gasteiger partial charge in [-0.15, -0.1) is 0 Å². The lowest BCUT2D eigenvalue weighted by molar-refractivity contribution is 0.199. The number of hydrogen-bond acceptors (Lipinski definition) is 2. The molecule has 1 aromatic carbocycles. The first-order chi connectivity index (χ1) is 9.08. The van der Waals surface area contributed by atoms with Gasteiger partial charge in [0.05, 0.1) is 6.10 Å². The van der Waals surface area contributed by atoms with Crippen LogP contribution in [-0.2, 0) is 0 Å². The lowest BCUT2D eigenvalue weighted by atomic mass is 9.89. The molecule has 0 bridgehead atoms. The summed E-state index contributed by atoms with van der Waals surface area (Å²) in [6.45, 7) is 8.83. The Bertz CT molecular complexity index is 383. The average Bonchev–Trinajstić information content (AvgIpc) is 2.64. The van der Waals surface area contributed by atoms with Crippen molar-refractivity contribution in [2.45, 2.75) is 46.1 Å². The van der Waals surface area contributed by atoms with E-state index in [9.17, 15) is 5.11 Å². The van der Waals surface area contributed by atoms with Crippen LogP contribution < -0.4 is 4.90 Å². The monoisotopic (exact) mass is 261 g/mol. The third kappa shape index (κ3) is 3.73. The molecule has 0 aromatic heterocycles. The van der Waals surface area contributed by atoms with Crippen LogP contribution >= 0.6 is 0 Å². The summed E-state index contributed by atoms with van der Waals surface area (Å²) in [7, 11) is 0. The third-order valence-electron chi connectivity index (χ3n) is 4.46. The molecule has 19 heavy (non-hydrogen) atoms.